The molecule has 27 heavy (non-hydrogen) atoms. The molecule has 1 amide bonds. The van der Waals surface area contributed by atoms with E-state index in [1.54, 1.807) is 36.5 Å². The lowest BCUT2D eigenvalue weighted by Crippen LogP contribution is -2.41. The van der Waals surface area contributed by atoms with Gasteiger partial charge in [0.05, 0.1) is 12.2 Å². The Morgan fingerprint density at radius 3 is 2.63 bits per heavy atom. The molecular formula is C19H17ClN4O3. The van der Waals surface area contributed by atoms with Crippen molar-refractivity contribution in [3.8, 4) is 0 Å². The normalized spacial score (nSPS) is 10.6. The monoisotopic (exact) mass is 384 g/mol. The van der Waals surface area contributed by atoms with E-state index in [2.05, 4.69) is 15.3 Å². The predicted octanol–water partition coefficient (Wildman–Crippen LogP) is 1.61. The summed E-state index contributed by atoms with van der Waals surface area (Å²) in [6.07, 6.45) is 3.30. The third-order valence-corrected chi connectivity index (χ3v) is 4.22. The maximum atomic E-state index is 12.5. The van der Waals surface area contributed by atoms with E-state index in [4.69, 9.17) is 11.6 Å². The van der Waals surface area contributed by atoms with E-state index in [0.717, 1.165) is 16.3 Å². The molecule has 0 atom stereocenters. The summed E-state index contributed by atoms with van der Waals surface area (Å²) < 4.78 is 0.955. The average Bonchev–Trinajstić information content (AvgIpc) is 2.67. The Balaban J connectivity index is 1.71. The molecule has 0 fully saturated rings. The smallest absolute Gasteiger partial charge is 0.328 e. The van der Waals surface area contributed by atoms with Crippen molar-refractivity contribution in [3.63, 3.8) is 0 Å². The Labute approximate surface area is 159 Å². The molecule has 3 rings (SSSR count). The molecule has 0 unspecified atom stereocenters. The summed E-state index contributed by atoms with van der Waals surface area (Å²) in [5, 5.41) is 3.33. The lowest BCUT2D eigenvalue weighted by atomic mass is 10.1. The lowest BCUT2D eigenvalue weighted by molar-refractivity contribution is 0.0951. The van der Waals surface area contributed by atoms with Crippen molar-refractivity contribution < 1.29 is 4.79 Å². The summed E-state index contributed by atoms with van der Waals surface area (Å²) in [6, 6.07) is 12.5. The van der Waals surface area contributed by atoms with E-state index in [1.807, 2.05) is 12.1 Å². The first-order valence-corrected chi connectivity index (χ1v) is 8.67. The molecule has 0 aliphatic heterocycles. The summed E-state index contributed by atoms with van der Waals surface area (Å²) in [5.74, 6) is -0.542. The number of aromatic nitrogens is 3. The summed E-state index contributed by atoms with van der Waals surface area (Å²) in [7, 11) is 0. The fraction of sp³-hybridized carbons (Fsp3) is 0.158. The molecule has 138 valence electrons. The van der Waals surface area contributed by atoms with Gasteiger partial charge in [-0.05, 0) is 36.2 Å². The zero-order chi connectivity index (χ0) is 19.2. The number of nitrogens with one attached hydrogen (secondary N) is 2. The molecule has 0 saturated carbocycles. The van der Waals surface area contributed by atoms with Gasteiger partial charge in [-0.25, -0.2) is 4.79 Å². The zero-order valence-corrected chi connectivity index (χ0v) is 15.1. The van der Waals surface area contributed by atoms with Crippen LogP contribution in [0.5, 0.6) is 0 Å². The Kier molecular flexibility index (Phi) is 5.83. The molecule has 8 heteroatoms. The highest BCUT2D eigenvalue weighted by Crippen LogP contribution is 2.09. The van der Waals surface area contributed by atoms with Crippen molar-refractivity contribution in [3.05, 3.63) is 97.5 Å². The molecule has 0 aliphatic carbocycles. The fourth-order valence-corrected chi connectivity index (χ4v) is 2.66. The first kappa shape index (κ1) is 18.6. The van der Waals surface area contributed by atoms with Crippen LogP contribution in [0.25, 0.3) is 0 Å². The largest absolute Gasteiger partial charge is 0.351 e. The SMILES string of the molecule is O=C(NCCc1ccc(Cl)cc1)c1c[nH]c(=O)n(Cc2ccccn2)c1=O. The van der Waals surface area contributed by atoms with Gasteiger partial charge < -0.3 is 10.3 Å². The standard InChI is InChI=1S/C19H17ClN4O3/c20-14-6-4-13(5-7-14)8-10-22-17(25)16-11-23-19(27)24(18(16)26)12-15-3-1-2-9-21-15/h1-7,9,11H,8,10,12H2,(H,22,25)(H,23,27). The Bertz CT molecular complexity index is 1040. The van der Waals surface area contributed by atoms with Crippen molar-refractivity contribution in [2.45, 2.75) is 13.0 Å². The highest BCUT2D eigenvalue weighted by Gasteiger charge is 2.15. The van der Waals surface area contributed by atoms with Gasteiger partial charge in [0.25, 0.3) is 11.5 Å². The van der Waals surface area contributed by atoms with Crippen LogP contribution in [0, 0.1) is 0 Å². The third-order valence-electron chi connectivity index (χ3n) is 3.96. The number of halogens is 1. The van der Waals surface area contributed by atoms with Crippen LogP contribution >= 0.6 is 11.6 Å². The van der Waals surface area contributed by atoms with Crippen LogP contribution in [-0.4, -0.2) is 27.0 Å². The number of hydrogen-bond donors (Lipinski definition) is 2. The molecule has 7 nitrogen and oxygen atoms in total. The van der Waals surface area contributed by atoms with Crippen molar-refractivity contribution in [2.24, 2.45) is 0 Å². The van der Waals surface area contributed by atoms with Crippen LogP contribution in [-0.2, 0) is 13.0 Å². The second-order valence-corrected chi connectivity index (χ2v) is 6.29. The van der Waals surface area contributed by atoms with Crippen molar-refractivity contribution >= 4 is 17.5 Å². The molecule has 1 aromatic carbocycles. The van der Waals surface area contributed by atoms with E-state index in [0.29, 0.717) is 23.7 Å². The van der Waals surface area contributed by atoms with Gasteiger partial charge in [-0.1, -0.05) is 29.8 Å². The van der Waals surface area contributed by atoms with Crippen molar-refractivity contribution in [1.82, 2.24) is 19.9 Å². The molecule has 0 radical (unpaired) electrons. The summed E-state index contributed by atoms with van der Waals surface area (Å²) in [4.78, 5) is 43.4. The molecule has 2 N–H and O–H groups in total. The Hall–Kier alpha value is -3.19. The summed E-state index contributed by atoms with van der Waals surface area (Å²) in [6.45, 7) is 0.334. The summed E-state index contributed by atoms with van der Waals surface area (Å²) >= 11 is 5.84. The van der Waals surface area contributed by atoms with Gasteiger partial charge in [0.15, 0.2) is 0 Å². The number of amides is 1. The highest BCUT2D eigenvalue weighted by atomic mass is 35.5. The second-order valence-electron chi connectivity index (χ2n) is 5.85. The third kappa shape index (κ3) is 4.71. The molecule has 0 saturated heterocycles. The zero-order valence-electron chi connectivity index (χ0n) is 14.3. The maximum absolute atomic E-state index is 12.5. The van der Waals surface area contributed by atoms with E-state index >= 15 is 0 Å². The first-order valence-electron chi connectivity index (χ1n) is 8.29. The first-order chi connectivity index (χ1) is 13.0. The van der Waals surface area contributed by atoms with Crippen LogP contribution in [0.15, 0.2) is 64.4 Å². The van der Waals surface area contributed by atoms with Crippen LogP contribution < -0.4 is 16.6 Å². The van der Waals surface area contributed by atoms with E-state index in [1.165, 1.54) is 0 Å². The number of hydrogen-bond acceptors (Lipinski definition) is 4. The van der Waals surface area contributed by atoms with Crippen molar-refractivity contribution in [2.75, 3.05) is 6.54 Å². The highest BCUT2D eigenvalue weighted by molar-refractivity contribution is 6.30. The molecule has 0 bridgehead atoms. The molecule has 3 aromatic rings. The minimum Gasteiger partial charge on any atom is -0.351 e. The van der Waals surface area contributed by atoms with E-state index in [-0.39, 0.29) is 12.1 Å². The number of benzene rings is 1. The van der Waals surface area contributed by atoms with E-state index in [9.17, 15) is 14.4 Å². The van der Waals surface area contributed by atoms with Gasteiger partial charge in [-0.2, -0.15) is 0 Å². The number of carbonyl (C=O) groups excluding carboxylic acids is 1. The molecule has 2 heterocycles. The van der Waals surface area contributed by atoms with Gasteiger partial charge in [-0.3, -0.25) is 19.1 Å². The van der Waals surface area contributed by atoms with Crippen LogP contribution in [0.2, 0.25) is 5.02 Å². The molecule has 0 spiro atoms. The quantitative estimate of drug-likeness (QED) is 0.674. The van der Waals surface area contributed by atoms with Gasteiger partial charge in [0.2, 0.25) is 0 Å². The second kappa shape index (κ2) is 8.46. The van der Waals surface area contributed by atoms with Gasteiger partial charge in [-0.15, -0.1) is 0 Å². The molecule has 0 aliphatic rings. The van der Waals surface area contributed by atoms with Crippen molar-refractivity contribution in [1.29, 1.82) is 0 Å². The molecule has 2 aromatic heterocycles. The number of nitrogens with zero attached hydrogens (tertiary/aromatic N) is 2. The van der Waals surface area contributed by atoms with Gasteiger partial charge >= 0.3 is 5.69 Å². The van der Waals surface area contributed by atoms with Gasteiger partial charge in [0, 0.05) is 24.0 Å². The molecular weight excluding hydrogens is 368 g/mol. The summed E-state index contributed by atoms with van der Waals surface area (Å²) in [5.41, 5.74) is 0.178. The number of H-pyrrole nitrogens is 1. The number of carbonyl (C=O) groups is 1. The Morgan fingerprint density at radius 2 is 1.93 bits per heavy atom. The predicted molar refractivity (Wildman–Crippen MR) is 102 cm³/mol. The Morgan fingerprint density at radius 1 is 1.15 bits per heavy atom. The average molecular weight is 385 g/mol. The maximum Gasteiger partial charge on any atom is 0.328 e. The fourth-order valence-electron chi connectivity index (χ4n) is 2.54. The minimum atomic E-state index is -0.659. The van der Waals surface area contributed by atoms with Crippen LogP contribution in [0.1, 0.15) is 21.6 Å². The topological polar surface area (TPSA) is 96.8 Å². The number of pyridine rings is 1. The lowest BCUT2D eigenvalue weighted by Gasteiger charge is -2.08. The van der Waals surface area contributed by atoms with Crippen LogP contribution in [0.4, 0.5) is 0 Å². The number of aromatic amines is 1. The van der Waals surface area contributed by atoms with Crippen LogP contribution in [0.3, 0.4) is 0 Å². The van der Waals surface area contributed by atoms with E-state index < -0.39 is 17.2 Å². The number of rotatable bonds is 6. The minimum absolute atomic E-state index is 0.0130. The van der Waals surface area contributed by atoms with Gasteiger partial charge in [0.1, 0.15) is 5.56 Å².